The highest BCUT2D eigenvalue weighted by molar-refractivity contribution is 7.13. The topological polar surface area (TPSA) is 71.5 Å². The Morgan fingerprint density at radius 1 is 1.30 bits per heavy atom. The fraction of sp³-hybridized carbons (Fsp3) is 0.200. The molecule has 0 aliphatic heterocycles. The van der Waals surface area contributed by atoms with E-state index in [4.69, 9.17) is 4.74 Å². The number of thiazole rings is 1. The summed E-state index contributed by atoms with van der Waals surface area (Å²) in [5, 5.41) is 14.6. The number of hydrogen-bond donors (Lipinski definition) is 2. The molecule has 1 atom stereocenters. The summed E-state index contributed by atoms with van der Waals surface area (Å²) in [6, 6.07) is 13.8. The average Bonchev–Trinajstić information content (AvgIpc) is 3.15. The van der Waals surface area contributed by atoms with E-state index in [-0.39, 0.29) is 24.7 Å². The van der Waals surface area contributed by atoms with Crippen LogP contribution in [0.5, 0.6) is 5.75 Å². The summed E-state index contributed by atoms with van der Waals surface area (Å²) >= 11 is 1.19. The summed E-state index contributed by atoms with van der Waals surface area (Å²) in [6.45, 7) is 2.03. The van der Waals surface area contributed by atoms with E-state index in [1.807, 2.05) is 25.1 Å². The first-order valence-electron chi connectivity index (χ1n) is 8.39. The molecule has 1 amide bonds. The number of aliphatic hydroxyl groups excluding tert-OH is 1. The number of benzene rings is 2. The lowest BCUT2D eigenvalue weighted by molar-refractivity contribution is 0.0840. The third kappa shape index (κ3) is 5.12. The second-order valence-electron chi connectivity index (χ2n) is 6.01. The third-order valence-corrected chi connectivity index (χ3v) is 4.65. The van der Waals surface area contributed by atoms with E-state index in [1.54, 1.807) is 29.6 Å². The molecule has 2 aromatic carbocycles. The lowest BCUT2D eigenvalue weighted by Gasteiger charge is -2.13. The van der Waals surface area contributed by atoms with Gasteiger partial charge in [-0.15, -0.1) is 11.3 Å². The predicted octanol–water partition coefficient (Wildman–Crippen LogP) is 3.43. The quantitative estimate of drug-likeness (QED) is 0.653. The van der Waals surface area contributed by atoms with Crippen molar-refractivity contribution in [2.45, 2.75) is 13.0 Å². The van der Waals surface area contributed by atoms with Gasteiger partial charge in [0.25, 0.3) is 5.91 Å². The van der Waals surface area contributed by atoms with Gasteiger partial charge in [0.1, 0.15) is 35.0 Å². The zero-order chi connectivity index (χ0) is 19.2. The van der Waals surface area contributed by atoms with Gasteiger partial charge >= 0.3 is 0 Å². The van der Waals surface area contributed by atoms with Gasteiger partial charge in [0.2, 0.25) is 0 Å². The van der Waals surface area contributed by atoms with Crippen LogP contribution in [0.3, 0.4) is 0 Å². The molecule has 140 valence electrons. The smallest absolute Gasteiger partial charge is 0.270 e. The van der Waals surface area contributed by atoms with E-state index in [0.29, 0.717) is 16.3 Å². The van der Waals surface area contributed by atoms with Crippen molar-refractivity contribution in [1.29, 1.82) is 0 Å². The molecule has 0 bridgehead atoms. The van der Waals surface area contributed by atoms with E-state index >= 15 is 0 Å². The molecule has 0 saturated carbocycles. The molecule has 0 aliphatic rings. The Kier molecular flexibility index (Phi) is 6.16. The Bertz CT molecular complexity index is 929. The highest BCUT2D eigenvalue weighted by Crippen LogP contribution is 2.26. The van der Waals surface area contributed by atoms with Crippen LogP contribution in [-0.2, 0) is 0 Å². The Morgan fingerprint density at radius 2 is 2.11 bits per heavy atom. The standard InChI is InChI=1S/C20H19FN2O3S/c1-13-5-4-6-15(9-13)26-11-14(24)10-22-19(25)18-12-27-20(23-18)16-7-2-3-8-17(16)21/h2-9,12,14,24H,10-11H2,1H3,(H,22,25). The van der Waals surface area contributed by atoms with Gasteiger partial charge in [0, 0.05) is 17.5 Å². The second-order valence-corrected chi connectivity index (χ2v) is 6.87. The van der Waals surface area contributed by atoms with E-state index in [1.165, 1.54) is 17.4 Å². The molecule has 5 nitrogen and oxygen atoms in total. The highest BCUT2D eigenvalue weighted by atomic mass is 32.1. The number of nitrogens with zero attached hydrogens (tertiary/aromatic N) is 1. The van der Waals surface area contributed by atoms with Crippen molar-refractivity contribution < 1.29 is 19.0 Å². The summed E-state index contributed by atoms with van der Waals surface area (Å²) in [5.74, 6) is -0.152. The number of aliphatic hydroxyl groups is 1. The van der Waals surface area contributed by atoms with Crippen molar-refractivity contribution in [1.82, 2.24) is 10.3 Å². The van der Waals surface area contributed by atoms with Crippen molar-refractivity contribution in [3.05, 3.63) is 71.0 Å². The molecule has 1 aromatic heterocycles. The Balaban J connectivity index is 1.51. The molecule has 0 saturated heterocycles. The predicted molar refractivity (Wildman–Crippen MR) is 103 cm³/mol. The van der Waals surface area contributed by atoms with Crippen LogP contribution in [0.4, 0.5) is 4.39 Å². The second kappa shape index (κ2) is 8.75. The van der Waals surface area contributed by atoms with Crippen LogP contribution in [0.15, 0.2) is 53.9 Å². The van der Waals surface area contributed by atoms with E-state index in [0.717, 1.165) is 5.56 Å². The molecular weight excluding hydrogens is 367 g/mol. The number of nitrogens with one attached hydrogen (secondary N) is 1. The number of rotatable bonds is 7. The van der Waals surface area contributed by atoms with Crippen molar-refractivity contribution in [3.63, 3.8) is 0 Å². The lowest BCUT2D eigenvalue weighted by Crippen LogP contribution is -2.35. The molecule has 0 radical (unpaired) electrons. The van der Waals surface area contributed by atoms with E-state index in [9.17, 15) is 14.3 Å². The zero-order valence-electron chi connectivity index (χ0n) is 14.7. The fourth-order valence-electron chi connectivity index (χ4n) is 2.39. The number of aryl methyl sites for hydroxylation is 1. The van der Waals surface area contributed by atoms with Gasteiger partial charge in [-0.25, -0.2) is 9.37 Å². The number of halogens is 1. The van der Waals surface area contributed by atoms with Gasteiger partial charge in [-0.3, -0.25) is 4.79 Å². The van der Waals surface area contributed by atoms with Gasteiger partial charge in [0.15, 0.2) is 0 Å². The summed E-state index contributed by atoms with van der Waals surface area (Å²) in [5.41, 5.74) is 1.60. The molecular formula is C20H19FN2O3S. The first-order chi connectivity index (χ1) is 13.0. The molecule has 0 aliphatic carbocycles. The van der Waals surface area contributed by atoms with Crippen LogP contribution in [0.2, 0.25) is 0 Å². The number of carbonyl (C=O) groups is 1. The summed E-state index contributed by atoms with van der Waals surface area (Å²) in [7, 11) is 0. The largest absolute Gasteiger partial charge is 0.491 e. The number of amides is 1. The molecule has 3 aromatic rings. The van der Waals surface area contributed by atoms with Gasteiger partial charge in [-0.05, 0) is 36.8 Å². The van der Waals surface area contributed by atoms with Crippen LogP contribution in [-0.4, -0.2) is 35.3 Å². The number of ether oxygens (including phenoxy) is 1. The monoisotopic (exact) mass is 386 g/mol. The maximum Gasteiger partial charge on any atom is 0.270 e. The maximum absolute atomic E-state index is 13.8. The van der Waals surface area contributed by atoms with Crippen LogP contribution in [0, 0.1) is 12.7 Å². The van der Waals surface area contributed by atoms with Gasteiger partial charge in [-0.2, -0.15) is 0 Å². The summed E-state index contributed by atoms with van der Waals surface area (Å²) in [6.07, 6.45) is -0.862. The van der Waals surface area contributed by atoms with Crippen LogP contribution in [0.25, 0.3) is 10.6 Å². The van der Waals surface area contributed by atoms with E-state index in [2.05, 4.69) is 10.3 Å². The van der Waals surface area contributed by atoms with Crippen LogP contribution in [0.1, 0.15) is 16.1 Å². The van der Waals surface area contributed by atoms with Crippen molar-refractivity contribution in [3.8, 4) is 16.3 Å². The van der Waals surface area contributed by atoms with Gasteiger partial charge in [0.05, 0.1) is 0 Å². The zero-order valence-corrected chi connectivity index (χ0v) is 15.5. The highest BCUT2D eigenvalue weighted by Gasteiger charge is 2.15. The minimum Gasteiger partial charge on any atom is -0.491 e. The normalized spacial score (nSPS) is 11.8. The number of carbonyl (C=O) groups excluding carboxylic acids is 1. The third-order valence-electron chi connectivity index (χ3n) is 3.77. The SMILES string of the molecule is Cc1cccc(OCC(O)CNC(=O)c2csc(-c3ccccc3F)n2)c1. The molecule has 1 unspecified atom stereocenters. The summed E-state index contributed by atoms with van der Waals surface area (Å²) < 4.78 is 19.3. The summed E-state index contributed by atoms with van der Waals surface area (Å²) in [4.78, 5) is 16.4. The number of hydrogen-bond acceptors (Lipinski definition) is 5. The minimum atomic E-state index is -0.862. The Labute approximate surface area is 160 Å². The average molecular weight is 386 g/mol. The maximum atomic E-state index is 13.8. The van der Waals surface area contributed by atoms with Crippen LogP contribution < -0.4 is 10.1 Å². The molecule has 27 heavy (non-hydrogen) atoms. The van der Waals surface area contributed by atoms with Crippen molar-refractivity contribution >= 4 is 17.2 Å². The first-order valence-corrected chi connectivity index (χ1v) is 9.27. The fourth-order valence-corrected chi connectivity index (χ4v) is 3.22. The Morgan fingerprint density at radius 3 is 2.89 bits per heavy atom. The van der Waals surface area contributed by atoms with Crippen molar-refractivity contribution in [2.24, 2.45) is 0 Å². The molecule has 1 heterocycles. The first kappa shape index (κ1) is 19.0. The van der Waals surface area contributed by atoms with E-state index < -0.39 is 12.0 Å². The van der Waals surface area contributed by atoms with Gasteiger partial charge in [-0.1, -0.05) is 24.3 Å². The molecule has 0 spiro atoms. The van der Waals surface area contributed by atoms with Gasteiger partial charge < -0.3 is 15.2 Å². The van der Waals surface area contributed by atoms with Crippen LogP contribution >= 0.6 is 11.3 Å². The molecule has 7 heteroatoms. The molecule has 0 fully saturated rings. The molecule has 2 N–H and O–H groups in total. The lowest BCUT2D eigenvalue weighted by atomic mass is 10.2. The minimum absolute atomic E-state index is 0.0250. The molecule has 3 rings (SSSR count). The Hall–Kier alpha value is -2.77. The number of aromatic nitrogens is 1. The van der Waals surface area contributed by atoms with Crippen molar-refractivity contribution in [2.75, 3.05) is 13.2 Å².